The Morgan fingerprint density at radius 3 is 1.93 bits per heavy atom. The summed E-state index contributed by atoms with van der Waals surface area (Å²) in [7, 11) is 0. The lowest BCUT2D eigenvalue weighted by atomic mass is 10.0. The highest BCUT2D eigenvalue weighted by molar-refractivity contribution is 7.80. The van der Waals surface area contributed by atoms with E-state index in [0.717, 1.165) is 37.2 Å². The fourth-order valence-electron chi connectivity index (χ4n) is 3.20. The number of carbonyl (C=O) groups is 1. The molecule has 0 aromatic carbocycles. The highest BCUT2D eigenvalue weighted by atomic mass is 32.1. The first-order valence-electron chi connectivity index (χ1n) is 9.95. The molecule has 6 nitrogen and oxygen atoms in total. The van der Waals surface area contributed by atoms with Gasteiger partial charge in [-0.3, -0.25) is 9.69 Å². The van der Waals surface area contributed by atoms with Gasteiger partial charge in [0, 0.05) is 26.3 Å². The van der Waals surface area contributed by atoms with Crippen LogP contribution < -0.4 is 0 Å². The minimum Gasteiger partial charge on any atom is -0.379 e. The van der Waals surface area contributed by atoms with Crippen LogP contribution in [0.2, 0.25) is 0 Å². The Bertz CT molecular complexity index is 423. The Morgan fingerprint density at radius 1 is 0.821 bits per heavy atom. The van der Waals surface area contributed by atoms with Crippen molar-refractivity contribution in [1.29, 1.82) is 0 Å². The van der Waals surface area contributed by atoms with Crippen molar-refractivity contribution in [3.05, 3.63) is 0 Å². The minimum atomic E-state index is -0.799. The van der Waals surface area contributed by atoms with Crippen LogP contribution in [-0.2, 0) is 14.3 Å². The van der Waals surface area contributed by atoms with Crippen LogP contribution in [0.3, 0.4) is 0 Å². The number of carbonyl (C=O) groups excluding carboxylic acids is 1. The smallest absolute Gasteiger partial charge is 0.242 e. The van der Waals surface area contributed by atoms with Gasteiger partial charge in [0.25, 0.3) is 0 Å². The van der Waals surface area contributed by atoms with Crippen LogP contribution in [-0.4, -0.2) is 102 Å². The number of piperazine rings is 1. The summed E-state index contributed by atoms with van der Waals surface area (Å²) in [6, 6.07) is -0.899. The summed E-state index contributed by atoms with van der Waals surface area (Å²) in [6.45, 7) is 2.82. The third-order valence-electron chi connectivity index (χ3n) is 4.64. The second kappa shape index (κ2) is 16.4. The topological polar surface area (TPSA) is 62.2 Å². The Morgan fingerprint density at radius 2 is 1.36 bits per heavy atom. The Balaban J connectivity index is 2.91. The number of hydrogen-bond acceptors (Lipinski definition) is 9. The molecule has 0 aliphatic carbocycles. The SMILES string of the molecule is O=C1C(COCCCS)N(CCCS)C(O)C(COCCCS)N1CCCS. The van der Waals surface area contributed by atoms with E-state index in [-0.39, 0.29) is 12.5 Å². The van der Waals surface area contributed by atoms with E-state index >= 15 is 0 Å². The number of aliphatic hydroxyl groups excluding tert-OH is 1. The highest BCUT2D eigenvalue weighted by Crippen LogP contribution is 2.24. The Kier molecular flexibility index (Phi) is 15.7. The van der Waals surface area contributed by atoms with E-state index < -0.39 is 18.3 Å². The number of nitrogens with zero attached hydrogens (tertiary/aromatic N) is 2. The molecule has 3 unspecified atom stereocenters. The summed E-state index contributed by atoms with van der Waals surface area (Å²) in [5.74, 6) is 2.84. The summed E-state index contributed by atoms with van der Waals surface area (Å²) >= 11 is 16.9. The summed E-state index contributed by atoms with van der Waals surface area (Å²) in [5, 5.41) is 11.1. The van der Waals surface area contributed by atoms with Crippen molar-refractivity contribution >= 4 is 56.4 Å². The van der Waals surface area contributed by atoms with Gasteiger partial charge in [0.1, 0.15) is 12.3 Å². The molecule has 1 heterocycles. The molecule has 1 rings (SSSR count). The van der Waals surface area contributed by atoms with Crippen LogP contribution in [0, 0.1) is 0 Å². The molecule has 1 amide bonds. The fourth-order valence-corrected chi connectivity index (χ4v) is 3.74. The molecule has 0 saturated carbocycles. The molecule has 1 saturated heterocycles. The van der Waals surface area contributed by atoms with Crippen LogP contribution in [0.25, 0.3) is 0 Å². The maximum Gasteiger partial charge on any atom is 0.242 e. The third-order valence-corrected chi connectivity index (χ3v) is 5.91. The third kappa shape index (κ3) is 8.83. The van der Waals surface area contributed by atoms with E-state index in [4.69, 9.17) is 9.47 Å². The first-order valence-corrected chi connectivity index (χ1v) is 12.5. The van der Waals surface area contributed by atoms with Crippen LogP contribution in [0.15, 0.2) is 0 Å². The molecule has 0 spiro atoms. The molecular weight excluding hydrogens is 436 g/mol. The summed E-state index contributed by atoms with van der Waals surface area (Å²) in [6.07, 6.45) is 2.41. The number of hydrogen-bond donors (Lipinski definition) is 5. The number of aliphatic hydroxyl groups is 1. The standard InChI is InChI=1S/C18H36N2O4S4/c21-17-16(14-24-8-4-12-28)20(6-2-10-26)18(22)15(13-23-7-3-11-27)19(17)5-1-9-25/h15-17,21,25-28H,1-14H2. The van der Waals surface area contributed by atoms with Crippen molar-refractivity contribution in [1.82, 2.24) is 9.80 Å². The maximum absolute atomic E-state index is 13.3. The van der Waals surface area contributed by atoms with Crippen molar-refractivity contribution in [2.75, 3.05) is 62.5 Å². The lowest BCUT2D eigenvalue weighted by Gasteiger charge is -2.49. The molecule has 0 aromatic rings. The number of thiol groups is 4. The van der Waals surface area contributed by atoms with Gasteiger partial charge in [0.05, 0.1) is 19.3 Å². The van der Waals surface area contributed by atoms with Gasteiger partial charge < -0.3 is 19.5 Å². The van der Waals surface area contributed by atoms with Gasteiger partial charge in [-0.05, 0) is 48.7 Å². The van der Waals surface area contributed by atoms with Crippen molar-refractivity contribution in [3.63, 3.8) is 0 Å². The Labute approximate surface area is 191 Å². The molecule has 28 heavy (non-hydrogen) atoms. The van der Waals surface area contributed by atoms with E-state index in [2.05, 4.69) is 50.5 Å². The molecule has 0 radical (unpaired) electrons. The second-order valence-corrected chi connectivity index (χ2v) is 8.51. The highest BCUT2D eigenvalue weighted by Gasteiger charge is 2.45. The average molecular weight is 473 g/mol. The largest absolute Gasteiger partial charge is 0.379 e. The molecule has 10 heteroatoms. The zero-order valence-electron chi connectivity index (χ0n) is 16.5. The van der Waals surface area contributed by atoms with E-state index in [1.54, 1.807) is 4.90 Å². The summed E-state index contributed by atoms with van der Waals surface area (Å²) in [5.41, 5.74) is 0. The molecule has 1 aliphatic heterocycles. The fraction of sp³-hybridized carbons (Fsp3) is 0.944. The summed E-state index contributed by atoms with van der Waals surface area (Å²) in [4.78, 5) is 16.9. The van der Waals surface area contributed by atoms with Crippen LogP contribution in [0.4, 0.5) is 0 Å². The van der Waals surface area contributed by atoms with Crippen molar-refractivity contribution in [2.45, 2.75) is 44.0 Å². The van der Waals surface area contributed by atoms with E-state index in [1.807, 2.05) is 4.90 Å². The van der Waals surface area contributed by atoms with Crippen molar-refractivity contribution in [3.8, 4) is 0 Å². The van der Waals surface area contributed by atoms with Crippen LogP contribution >= 0.6 is 50.5 Å². The van der Waals surface area contributed by atoms with Crippen LogP contribution in [0.5, 0.6) is 0 Å². The molecular formula is C18H36N2O4S4. The Hall–Kier alpha value is 0.710. The zero-order chi connectivity index (χ0) is 20.8. The number of rotatable bonds is 16. The predicted molar refractivity (Wildman–Crippen MR) is 128 cm³/mol. The normalized spacial score (nSPS) is 23.5. The molecule has 1 N–H and O–H groups in total. The maximum atomic E-state index is 13.3. The van der Waals surface area contributed by atoms with Gasteiger partial charge >= 0.3 is 0 Å². The quantitative estimate of drug-likeness (QED) is 0.174. The first-order chi connectivity index (χ1) is 13.6. The number of ether oxygens (including phenoxy) is 2. The number of amides is 1. The minimum absolute atomic E-state index is 0.0140. The van der Waals surface area contributed by atoms with Gasteiger partial charge in [-0.2, -0.15) is 50.5 Å². The van der Waals surface area contributed by atoms with Gasteiger partial charge in [-0.15, -0.1) is 0 Å². The van der Waals surface area contributed by atoms with Crippen LogP contribution in [0.1, 0.15) is 25.7 Å². The lowest BCUT2D eigenvalue weighted by Crippen LogP contribution is -2.69. The molecule has 1 fully saturated rings. The molecule has 1 aliphatic rings. The second-order valence-electron chi connectivity index (χ2n) is 6.72. The molecule has 166 valence electrons. The first kappa shape index (κ1) is 26.7. The molecule has 0 bridgehead atoms. The summed E-state index contributed by atoms with van der Waals surface area (Å²) < 4.78 is 11.5. The van der Waals surface area contributed by atoms with E-state index in [0.29, 0.717) is 44.4 Å². The zero-order valence-corrected chi connectivity index (χ0v) is 20.1. The van der Waals surface area contributed by atoms with Gasteiger partial charge in [-0.25, -0.2) is 0 Å². The van der Waals surface area contributed by atoms with Crippen molar-refractivity contribution < 1.29 is 19.4 Å². The van der Waals surface area contributed by atoms with E-state index in [9.17, 15) is 9.90 Å². The van der Waals surface area contributed by atoms with Crippen molar-refractivity contribution in [2.24, 2.45) is 0 Å². The molecule has 3 atom stereocenters. The lowest BCUT2D eigenvalue weighted by molar-refractivity contribution is -0.180. The van der Waals surface area contributed by atoms with E-state index in [1.165, 1.54) is 0 Å². The average Bonchev–Trinajstić information content (AvgIpc) is 2.70. The predicted octanol–water partition coefficient (Wildman–Crippen LogP) is 1.50. The molecule has 0 aromatic heterocycles. The van der Waals surface area contributed by atoms with Gasteiger partial charge in [-0.1, -0.05) is 0 Å². The monoisotopic (exact) mass is 472 g/mol. The van der Waals surface area contributed by atoms with Gasteiger partial charge in [0.15, 0.2) is 0 Å². The van der Waals surface area contributed by atoms with Gasteiger partial charge in [0.2, 0.25) is 5.91 Å².